The molecule has 0 saturated carbocycles. The van der Waals surface area contributed by atoms with Crippen LogP contribution in [0.3, 0.4) is 0 Å². The van der Waals surface area contributed by atoms with Crippen molar-refractivity contribution in [2.75, 3.05) is 6.54 Å². The summed E-state index contributed by atoms with van der Waals surface area (Å²) in [5.74, 6) is -1.21. The van der Waals surface area contributed by atoms with E-state index in [-0.39, 0.29) is 23.0 Å². The lowest BCUT2D eigenvalue weighted by Gasteiger charge is -2.23. The fraction of sp³-hybridized carbons (Fsp3) is 0.294. The van der Waals surface area contributed by atoms with Crippen LogP contribution in [-0.2, 0) is 21.4 Å². The van der Waals surface area contributed by atoms with Crippen LogP contribution in [0.1, 0.15) is 12.0 Å². The Hall–Kier alpha value is -2.10. The van der Waals surface area contributed by atoms with Crippen molar-refractivity contribution in [3.05, 3.63) is 59.1 Å². The SMILES string of the molecule is O=C(NCc1ccnc(Cl)c1)[C@@H]1C[C@@H](F)CN1S(=O)(=O)c1ccc(F)cc1. The van der Waals surface area contributed by atoms with Crippen LogP contribution in [0.5, 0.6) is 0 Å². The monoisotopic (exact) mass is 415 g/mol. The van der Waals surface area contributed by atoms with Crippen molar-refractivity contribution in [2.45, 2.75) is 30.1 Å². The quantitative estimate of drug-likeness (QED) is 0.760. The molecule has 27 heavy (non-hydrogen) atoms. The first kappa shape index (κ1) is 19.7. The third-order valence-electron chi connectivity index (χ3n) is 4.19. The largest absolute Gasteiger partial charge is 0.351 e. The van der Waals surface area contributed by atoms with Gasteiger partial charge in [0.25, 0.3) is 0 Å². The number of aromatic nitrogens is 1. The highest BCUT2D eigenvalue weighted by atomic mass is 35.5. The zero-order valence-corrected chi connectivity index (χ0v) is 15.6. The van der Waals surface area contributed by atoms with Crippen LogP contribution in [0.4, 0.5) is 8.78 Å². The summed E-state index contributed by atoms with van der Waals surface area (Å²) in [5, 5.41) is 2.85. The average molecular weight is 416 g/mol. The molecule has 2 atom stereocenters. The van der Waals surface area contributed by atoms with Gasteiger partial charge >= 0.3 is 0 Å². The number of hydrogen-bond acceptors (Lipinski definition) is 4. The maximum Gasteiger partial charge on any atom is 0.243 e. The third kappa shape index (κ3) is 4.42. The van der Waals surface area contributed by atoms with Crippen molar-refractivity contribution in [1.82, 2.24) is 14.6 Å². The number of carbonyl (C=O) groups is 1. The molecule has 1 N–H and O–H groups in total. The molecule has 1 aromatic heterocycles. The molecule has 1 aromatic carbocycles. The minimum Gasteiger partial charge on any atom is -0.351 e. The predicted octanol–water partition coefficient (Wildman–Crippen LogP) is 2.29. The molecular weight excluding hydrogens is 400 g/mol. The van der Waals surface area contributed by atoms with Crippen molar-refractivity contribution in [2.24, 2.45) is 0 Å². The summed E-state index contributed by atoms with van der Waals surface area (Å²) in [7, 11) is -4.14. The van der Waals surface area contributed by atoms with Gasteiger partial charge in [0.05, 0.1) is 4.90 Å². The number of carbonyl (C=O) groups excluding carboxylic acids is 1. The molecule has 2 heterocycles. The van der Waals surface area contributed by atoms with Crippen LogP contribution < -0.4 is 5.32 Å². The molecule has 6 nitrogen and oxygen atoms in total. The average Bonchev–Trinajstić information content (AvgIpc) is 3.03. The third-order valence-corrected chi connectivity index (χ3v) is 6.28. The Morgan fingerprint density at radius 2 is 2.00 bits per heavy atom. The van der Waals surface area contributed by atoms with E-state index in [1.807, 2.05) is 0 Å². The minimum atomic E-state index is -4.14. The maximum absolute atomic E-state index is 13.9. The number of benzene rings is 1. The first-order valence-electron chi connectivity index (χ1n) is 8.07. The number of sulfonamides is 1. The number of amides is 1. The number of rotatable bonds is 5. The van der Waals surface area contributed by atoms with Gasteiger partial charge in [-0.1, -0.05) is 11.6 Å². The molecule has 1 saturated heterocycles. The van der Waals surface area contributed by atoms with Gasteiger partial charge in [-0.05, 0) is 42.0 Å². The zero-order valence-electron chi connectivity index (χ0n) is 14.0. The predicted molar refractivity (Wildman–Crippen MR) is 94.7 cm³/mol. The van der Waals surface area contributed by atoms with Gasteiger partial charge in [0.1, 0.15) is 23.2 Å². The van der Waals surface area contributed by atoms with Gasteiger partial charge in [-0.15, -0.1) is 0 Å². The molecule has 0 spiro atoms. The van der Waals surface area contributed by atoms with Crippen LogP contribution in [0.2, 0.25) is 5.15 Å². The van der Waals surface area contributed by atoms with Crippen LogP contribution in [0, 0.1) is 5.82 Å². The standard InChI is InChI=1S/C17H16ClF2N3O3S/c18-16-7-11(5-6-21-16)9-22-17(24)15-8-13(20)10-23(15)27(25,26)14-3-1-12(19)2-4-14/h1-7,13,15H,8-10H2,(H,22,24)/t13-,15+/m1/s1. The summed E-state index contributed by atoms with van der Waals surface area (Å²) in [6, 6.07) is 6.19. The molecule has 144 valence electrons. The molecule has 1 amide bonds. The Labute approximate surface area is 160 Å². The highest BCUT2D eigenvalue weighted by Gasteiger charge is 2.44. The van der Waals surface area contributed by atoms with Crippen molar-refractivity contribution >= 4 is 27.5 Å². The Bertz CT molecular complexity index is 941. The highest BCUT2D eigenvalue weighted by Crippen LogP contribution is 2.28. The summed E-state index contributed by atoms with van der Waals surface area (Å²) in [5.41, 5.74) is 0.672. The second-order valence-electron chi connectivity index (χ2n) is 6.08. The van der Waals surface area contributed by atoms with Crippen molar-refractivity contribution in [3.8, 4) is 0 Å². The van der Waals surface area contributed by atoms with E-state index in [0.717, 1.165) is 28.6 Å². The Morgan fingerprint density at radius 3 is 2.67 bits per heavy atom. The van der Waals surface area contributed by atoms with Gasteiger partial charge in [-0.3, -0.25) is 4.79 Å². The van der Waals surface area contributed by atoms with Crippen molar-refractivity contribution in [3.63, 3.8) is 0 Å². The molecule has 0 aliphatic carbocycles. The molecule has 0 radical (unpaired) electrons. The Morgan fingerprint density at radius 1 is 1.30 bits per heavy atom. The van der Waals surface area contributed by atoms with Gasteiger partial charge in [0.15, 0.2) is 0 Å². The molecule has 1 aliphatic rings. The number of halogens is 3. The van der Waals surface area contributed by atoms with Crippen LogP contribution in [0.15, 0.2) is 47.5 Å². The van der Waals surface area contributed by atoms with E-state index in [1.54, 1.807) is 12.1 Å². The Kier molecular flexibility index (Phi) is 5.73. The lowest BCUT2D eigenvalue weighted by Crippen LogP contribution is -2.45. The van der Waals surface area contributed by atoms with Gasteiger partial charge in [-0.25, -0.2) is 22.2 Å². The van der Waals surface area contributed by atoms with E-state index in [9.17, 15) is 22.0 Å². The van der Waals surface area contributed by atoms with E-state index in [1.165, 1.54) is 6.20 Å². The number of hydrogen-bond donors (Lipinski definition) is 1. The smallest absolute Gasteiger partial charge is 0.243 e. The molecule has 10 heteroatoms. The first-order chi connectivity index (χ1) is 12.8. The van der Waals surface area contributed by atoms with Crippen LogP contribution in [0.25, 0.3) is 0 Å². The number of pyridine rings is 1. The van der Waals surface area contributed by atoms with Gasteiger partial charge in [0.2, 0.25) is 15.9 Å². The minimum absolute atomic E-state index is 0.0962. The van der Waals surface area contributed by atoms with E-state index >= 15 is 0 Å². The van der Waals surface area contributed by atoms with E-state index < -0.39 is 40.5 Å². The zero-order chi connectivity index (χ0) is 19.6. The summed E-state index contributed by atoms with van der Waals surface area (Å²) in [6.07, 6.45) is -0.239. The van der Waals surface area contributed by atoms with Crippen molar-refractivity contribution < 1.29 is 22.0 Å². The van der Waals surface area contributed by atoms with Gasteiger partial charge in [-0.2, -0.15) is 4.31 Å². The molecule has 0 bridgehead atoms. The normalized spacial score (nSPS) is 20.6. The number of nitrogens with zero attached hydrogens (tertiary/aromatic N) is 2. The van der Waals surface area contributed by atoms with E-state index in [4.69, 9.17) is 11.6 Å². The Balaban J connectivity index is 1.77. The fourth-order valence-corrected chi connectivity index (χ4v) is 4.68. The van der Waals surface area contributed by atoms with Gasteiger partial charge < -0.3 is 5.32 Å². The summed E-state index contributed by atoms with van der Waals surface area (Å²) >= 11 is 5.78. The molecule has 1 aliphatic heterocycles. The lowest BCUT2D eigenvalue weighted by molar-refractivity contribution is -0.124. The summed E-state index contributed by atoms with van der Waals surface area (Å²) in [6.45, 7) is -0.335. The molecule has 3 rings (SSSR count). The fourth-order valence-electron chi connectivity index (χ4n) is 2.86. The second-order valence-corrected chi connectivity index (χ2v) is 8.36. The van der Waals surface area contributed by atoms with E-state index in [2.05, 4.69) is 10.3 Å². The topological polar surface area (TPSA) is 79.4 Å². The summed E-state index contributed by atoms with van der Waals surface area (Å²) < 4.78 is 53.3. The molecular formula is C17H16ClF2N3O3S. The van der Waals surface area contributed by atoms with Gasteiger partial charge in [0, 0.05) is 25.7 Å². The molecule has 1 fully saturated rings. The van der Waals surface area contributed by atoms with Crippen LogP contribution >= 0.6 is 11.6 Å². The second kappa shape index (κ2) is 7.87. The highest BCUT2D eigenvalue weighted by molar-refractivity contribution is 7.89. The number of alkyl halides is 1. The van der Waals surface area contributed by atoms with Crippen LogP contribution in [-0.4, -0.2) is 42.4 Å². The number of nitrogens with one attached hydrogen (secondary N) is 1. The molecule has 0 unspecified atom stereocenters. The van der Waals surface area contributed by atoms with E-state index in [0.29, 0.717) is 5.56 Å². The first-order valence-corrected chi connectivity index (χ1v) is 9.89. The molecule has 2 aromatic rings. The van der Waals surface area contributed by atoms with Crippen molar-refractivity contribution in [1.29, 1.82) is 0 Å². The summed E-state index contributed by atoms with van der Waals surface area (Å²) in [4.78, 5) is 16.1. The lowest BCUT2D eigenvalue weighted by atomic mass is 10.2. The maximum atomic E-state index is 13.9.